The largest absolute Gasteiger partial charge is 0.354 e. The van der Waals surface area contributed by atoms with Gasteiger partial charge in [-0.15, -0.1) is 0 Å². The quantitative estimate of drug-likeness (QED) is 0.688. The number of pyridine rings is 1. The number of rotatable bonds is 3. The summed E-state index contributed by atoms with van der Waals surface area (Å²) < 4.78 is 0. The number of amides is 1. The Balaban J connectivity index is 1.55. The van der Waals surface area contributed by atoms with E-state index in [9.17, 15) is 4.79 Å². The van der Waals surface area contributed by atoms with Gasteiger partial charge in [0, 0.05) is 59.6 Å². The molecule has 0 spiro atoms. The predicted molar refractivity (Wildman–Crippen MR) is 121 cm³/mol. The Bertz CT molecular complexity index is 1100. The van der Waals surface area contributed by atoms with E-state index in [1.807, 2.05) is 19.9 Å². The summed E-state index contributed by atoms with van der Waals surface area (Å²) in [5, 5.41) is 4.60. The minimum absolute atomic E-state index is 0.166. The lowest BCUT2D eigenvalue weighted by Crippen LogP contribution is -2.31. The molecule has 2 aliphatic rings. The molecule has 0 aliphatic carbocycles. The summed E-state index contributed by atoms with van der Waals surface area (Å²) in [6, 6.07) is 10.4. The summed E-state index contributed by atoms with van der Waals surface area (Å²) in [5.41, 5.74) is 7.48. The summed E-state index contributed by atoms with van der Waals surface area (Å²) in [5.74, 6) is 1.73. The van der Waals surface area contributed by atoms with E-state index in [1.54, 1.807) is 0 Å². The second kappa shape index (κ2) is 7.24. The van der Waals surface area contributed by atoms with Gasteiger partial charge in [0.2, 0.25) is 0 Å². The summed E-state index contributed by atoms with van der Waals surface area (Å²) in [6.07, 6.45) is 0. The smallest absolute Gasteiger partial charge is 0.253 e. The highest BCUT2D eigenvalue weighted by Gasteiger charge is 2.38. The number of aromatic amines is 1. The van der Waals surface area contributed by atoms with E-state index in [0.29, 0.717) is 17.8 Å². The lowest BCUT2D eigenvalue weighted by Gasteiger charge is -2.18. The molecule has 2 fully saturated rings. The van der Waals surface area contributed by atoms with Crippen molar-refractivity contribution >= 4 is 16.8 Å². The lowest BCUT2D eigenvalue weighted by molar-refractivity contribution is 0.0782. The van der Waals surface area contributed by atoms with Crippen LogP contribution < -0.4 is 5.32 Å². The third-order valence-corrected chi connectivity index (χ3v) is 6.71. The number of hydrogen-bond donors (Lipinski definition) is 2. The zero-order valence-corrected chi connectivity index (χ0v) is 18.2. The fourth-order valence-corrected chi connectivity index (χ4v) is 5.36. The molecule has 3 aromatic rings. The summed E-state index contributed by atoms with van der Waals surface area (Å²) in [4.78, 5) is 23.5. The van der Waals surface area contributed by atoms with Gasteiger partial charge in [0.15, 0.2) is 0 Å². The number of fused-ring (bicyclic) bond motifs is 2. The fraction of sp³-hybridized carbons (Fsp3) is 0.440. The van der Waals surface area contributed by atoms with Crippen LogP contribution >= 0.6 is 0 Å². The van der Waals surface area contributed by atoms with Crippen molar-refractivity contribution in [1.29, 1.82) is 0 Å². The van der Waals surface area contributed by atoms with E-state index in [1.165, 1.54) is 5.56 Å². The first kappa shape index (κ1) is 19.3. The molecule has 156 valence electrons. The maximum atomic E-state index is 13.3. The molecule has 2 N–H and O–H groups in total. The Hall–Kier alpha value is -2.66. The van der Waals surface area contributed by atoms with Crippen LogP contribution in [0, 0.1) is 25.7 Å². The van der Waals surface area contributed by atoms with Crippen LogP contribution in [-0.2, 0) is 0 Å². The first-order valence-electron chi connectivity index (χ1n) is 11.0. The van der Waals surface area contributed by atoms with Gasteiger partial charge in [-0.1, -0.05) is 13.8 Å². The van der Waals surface area contributed by atoms with Crippen LogP contribution in [-0.4, -0.2) is 47.0 Å². The molecule has 0 radical (unpaired) electrons. The van der Waals surface area contributed by atoms with Crippen molar-refractivity contribution in [3.05, 3.63) is 52.8 Å². The van der Waals surface area contributed by atoms with Crippen LogP contribution in [0.3, 0.4) is 0 Å². The van der Waals surface area contributed by atoms with Gasteiger partial charge in [0.25, 0.3) is 5.91 Å². The van der Waals surface area contributed by atoms with Crippen LogP contribution in [0.4, 0.5) is 0 Å². The van der Waals surface area contributed by atoms with Gasteiger partial charge in [-0.2, -0.15) is 0 Å². The number of aromatic nitrogens is 2. The molecule has 5 nitrogen and oxygen atoms in total. The van der Waals surface area contributed by atoms with Crippen LogP contribution in [0.25, 0.3) is 22.2 Å². The third-order valence-electron chi connectivity index (χ3n) is 6.71. The van der Waals surface area contributed by atoms with E-state index >= 15 is 0 Å². The van der Waals surface area contributed by atoms with Crippen LogP contribution in [0.5, 0.6) is 0 Å². The van der Waals surface area contributed by atoms with E-state index in [0.717, 1.165) is 65.3 Å². The second-order valence-electron chi connectivity index (χ2n) is 9.36. The van der Waals surface area contributed by atoms with Gasteiger partial charge in [-0.3, -0.25) is 9.78 Å². The molecular formula is C25H30N4O. The van der Waals surface area contributed by atoms with Crippen molar-refractivity contribution < 1.29 is 4.79 Å². The number of hydrogen-bond acceptors (Lipinski definition) is 3. The van der Waals surface area contributed by atoms with E-state index in [2.05, 4.69) is 58.3 Å². The molecule has 2 saturated heterocycles. The van der Waals surface area contributed by atoms with Crippen molar-refractivity contribution in [2.75, 3.05) is 26.2 Å². The maximum absolute atomic E-state index is 13.3. The minimum atomic E-state index is 0.166. The molecular weight excluding hydrogens is 372 g/mol. The number of nitrogens with one attached hydrogen (secondary N) is 2. The first-order valence-corrected chi connectivity index (χ1v) is 11.0. The van der Waals surface area contributed by atoms with E-state index in [-0.39, 0.29) is 5.91 Å². The number of H-pyrrole nitrogens is 1. The molecule has 1 aromatic carbocycles. The van der Waals surface area contributed by atoms with Crippen molar-refractivity contribution in [2.45, 2.75) is 33.6 Å². The molecule has 2 aliphatic heterocycles. The number of benzene rings is 1. The topological polar surface area (TPSA) is 61.0 Å². The van der Waals surface area contributed by atoms with Crippen LogP contribution in [0.2, 0.25) is 0 Å². The summed E-state index contributed by atoms with van der Waals surface area (Å²) in [6.45, 7) is 12.3. The van der Waals surface area contributed by atoms with Gasteiger partial charge in [0.05, 0.1) is 5.69 Å². The Labute approximate surface area is 177 Å². The number of likely N-dealkylation sites (tertiary alicyclic amines) is 1. The molecule has 2 unspecified atom stereocenters. The van der Waals surface area contributed by atoms with Gasteiger partial charge < -0.3 is 15.2 Å². The second-order valence-corrected chi connectivity index (χ2v) is 9.36. The molecule has 5 heteroatoms. The van der Waals surface area contributed by atoms with Crippen molar-refractivity contribution in [3.8, 4) is 11.3 Å². The number of carbonyl (C=O) groups is 1. The van der Waals surface area contributed by atoms with Crippen LogP contribution in [0.1, 0.15) is 47.1 Å². The van der Waals surface area contributed by atoms with Crippen molar-refractivity contribution in [3.63, 3.8) is 0 Å². The molecule has 1 amide bonds. The van der Waals surface area contributed by atoms with Gasteiger partial charge >= 0.3 is 0 Å². The predicted octanol–water partition coefficient (Wildman–Crippen LogP) is 4.26. The monoisotopic (exact) mass is 402 g/mol. The zero-order valence-electron chi connectivity index (χ0n) is 18.2. The Kier molecular flexibility index (Phi) is 4.66. The molecule has 5 rings (SSSR count). The van der Waals surface area contributed by atoms with Crippen LogP contribution in [0.15, 0.2) is 30.3 Å². The lowest BCUT2D eigenvalue weighted by atomic mass is 9.95. The Morgan fingerprint density at radius 3 is 2.37 bits per heavy atom. The molecule has 30 heavy (non-hydrogen) atoms. The zero-order chi connectivity index (χ0) is 21.0. The van der Waals surface area contributed by atoms with Crippen molar-refractivity contribution in [1.82, 2.24) is 20.2 Å². The molecule has 2 atom stereocenters. The standard InChI is InChI=1S/C25H30N4O/c1-14(2)23-21-9-17(25(30)29-12-19-10-26-11-20(19)13-29)5-6-22(21)28-24(23)18-7-15(3)27-16(4)8-18/h5-9,14,19-20,26,28H,10-13H2,1-4H3. The highest BCUT2D eigenvalue weighted by atomic mass is 16.2. The SMILES string of the molecule is Cc1cc(-c2[nH]c3ccc(C(=O)N4CC5CNCC5C4)cc3c2C(C)C)cc(C)n1. The minimum Gasteiger partial charge on any atom is -0.354 e. The number of carbonyl (C=O) groups excluding carboxylic acids is 1. The van der Waals surface area contributed by atoms with Gasteiger partial charge in [-0.25, -0.2) is 0 Å². The third kappa shape index (κ3) is 3.21. The highest BCUT2D eigenvalue weighted by molar-refractivity contribution is 6.00. The van der Waals surface area contributed by atoms with Gasteiger partial charge in [0.1, 0.15) is 0 Å². The molecule has 0 saturated carbocycles. The fourth-order valence-electron chi connectivity index (χ4n) is 5.36. The van der Waals surface area contributed by atoms with E-state index in [4.69, 9.17) is 0 Å². The Morgan fingerprint density at radius 1 is 1.07 bits per heavy atom. The average Bonchev–Trinajstić information content (AvgIpc) is 3.38. The first-order chi connectivity index (χ1) is 14.4. The summed E-state index contributed by atoms with van der Waals surface area (Å²) in [7, 11) is 0. The molecule has 0 bridgehead atoms. The normalized spacial score (nSPS) is 21.0. The Morgan fingerprint density at radius 2 is 1.73 bits per heavy atom. The highest BCUT2D eigenvalue weighted by Crippen LogP contribution is 2.37. The molecule has 4 heterocycles. The number of nitrogens with zero attached hydrogens (tertiary/aromatic N) is 2. The maximum Gasteiger partial charge on any atom is 0.253 e. The van der Waals surface area contributed by atoms with E-state index < -0.39 is 0 Å². The average molecular weight is 403 g/mol. The number of aryl methyl sites for hydroxylation is 2. The van der Waals surface area contributed by atoms with Gasteiger partial charge in [-0.05, 0) is 67.5 Å². The molecule has 2 aromatic heterocycles. The van der Waals surface area contributed by atoms with Crippen molar-refractivity contribution in [2.24, 2.45) is 11.8 Å². The summed E-state index contributed by atoms with van der Waals surface area (Å²) >= 11 is 0.